The molecule has 1 aliphatic heterocycles. The van der Waals surface area contributed by atoms with Crippen LogP contribution in [0.3, 0.4) is 0 Å². The van der Waals surface area contributed by atoms with Gasteiger partial charge < -0.3 is 11.1 Å². The Hall–Kier alpha value is -0.610. The van der Waals surface area contributed by atoms with Gasteiger partial charge in [0.1, 0.15) is 0 Å². The van der Waals surface area contributed by atoms with Crippen molar-refractivity contribution in [3.05, 3.63) is 0 Å². The van der Waals surface area contributed by atoms with Crippen LogP contribution in [0.1, 0.15) is 26.7 Å². The normalized spacial score (nSPS) is 20.0. The number of nitrogens with zero attached hydrogens (tertiary/aromatic N) is 1. The Balaban J connectivity index is 2.25. The largest absolute Gasteiger partial charge is 0.353 e. The summed E-state index contributed by atoms with van der Waals surface area (Å²) < 4.78 is 0. The highest BCUT2D eigenvalue weighted by atomic mass is 16.1. The van der Waals surface area contributed by atoms with Gasteiger partial charge in [-0.25, -0.2) is 0 Å². The van der Waals surface area contributed by atoms with E-state index in [2.05, 4.69) is 10.2 Å². The molecule has 1 aliphatic rings. The number of amides is 1. The van der Waals surface area contributed by atoms with Crippen molar-refractivity contribution in [2.24, 2.45) is 11.7 Å². The Morgan fingerprint density at radius 3 is 2.50 bits per heavy atom. The van der Waals surface area contributed by atoms with Crippen molar-refractivity contribution >= 4 is 5.91 Å². The second-order valence-corrected chi connectivity index (χ2v) is 4.24. The molecule has 0 radical (unpaired) electrons. The van der Waals surface area contributed by atoms with Crippen molar-refractivity contribution in [1.29, 1.82) is 0 Å². The molecule has 0 spiro atoms. The fraction of sp³-hybridized carbons (Fsp3) is 0.900. The summed E-state index contributed by atoms with van der Waals surface area (Å²) in [5, 5.41) is 3.06. The standard InChI is InChI=1S/C10H21N3O/c1-8(2)10(14)12-9-3-5-13(7-11)6-4-9/h8-9H,3-7,11H2,1-2H3,(H,12,14). The molecular weight excluding hydrogens is 178 g/mol. The van der Waals surface area contributed by atoms with Gasteiger partial charge in [0.2, 0.25) is 5.91 Å². The van der Waals surface area contributed by atoms with E-state index in [9.17, 15) is 4.79 Å². The SMILES string of the molecule is CC(C)C(=O)NC1CCN(CN)CC1. The minimum atomic E-state index is 0.0857. The van der Waals surface area contributed by atoms with Gasteiger partial charge in [-0.15, -0.1) is 0 Å². The van der Waals surface area contributed by atoms with E-state index in [0.717, 1.165) is 25.9 Å². The Morgan fingerprint density at radius 2 is 2.07 bits per heavy atom. The van der Waals surface area contributed by atoms with Gasteiger partial charge in [0.25, 0.3) is 0 Å². The number of carbonyl (C=O) groups is 1. The van der Waals surface area contributed by atoms with Crippen molar-refractivity contribution in [1.82, 2.24) is 10.2 Å². The quantitative estimate of drug-likeness (QED) is 0.679. The lowest BCUT2D eigenvalue weighted by atomic mass is 10.0. The summed E-state index contributed by atoms with van der Waals surface area (Å²) in [6.45, 7) is 6.47. The molecule has 0 aromatic heterocycles. The number of hydrogen-bond donors (Lipinski definition) is 2. The maximum Gasteiger partial charge on any atom is 0.222 e. The van der Waals surface area contributed by atoms with Crippen LogP contribution in [-0.4, -0.2) is 36.6 Å². The molecule has 1 amide bonds. The number of piperidine rings is 1. The first-order chi connectivity index (χ1) is 6.63. The lowest BCUT2D eigenvalue weighted by Gasteiger charge is -2.31. The van der Waals surface area contributed by atoms with Gasteiger partial charge in [0.05, 0.1) is 0 Å². The summed E-state index contributed by atoms with van der Waals surface area (Å²) in [6, 6.07) is 0.354. The molecule has 4 nitrogen and oxygen atoms in total. The summed E-state index contributed by atoms with van der Waals surface area (Å²) in [4.78, 5) is 13.6. The molecule has 1 fully saturated rings. The van der Waals surface area contributed by atoms with Crippen LogP contribution in [-0.2, 0) is 4.79 Å². The topological polar surface area (TPSA) is 58.4 Å². The second-order valence-electron chi connectivity index (χ2n) is 4.24. The van der Waals surface area contributed by atoms with E-state index < -0.39 is 0 Å². The summed E-state index contributed by atoms with van der Waals surface area (Å²) >= 11 is 0. The molecule has 0 aliphatic carbocycles. The Morgan fingerprint density at radius 1 is 1.50 bits per heavy atom. The third kappa shape index (κ3) is 3.27. The Labute approximate surface area is 85.8 Å². The predicted molar refractivity (Wildman–Crippen MR) is 56.6 cm³/mol. The summed E-state index contributed by atoms with van der Waals surface area (Å²) in [6.07, 6.45) is 2.05. The minimum absolute atomic E-state index is 0.0857. The van der Waals surface area contributed by atoms with Gasteiger partial charge in [-0.1, -0.05) is 13.8 Å². The number of nitrogens with two attached hydrogens (primary N) is 1. The first-order valence-electron chi connectivity index (χ1n) is 5.36. The average molecular weight is 199 g/mol. The van der Waals surface area contributed by atoms with Crippen molar-refractivity contribution in [3.63, 3.8) is 0 Å². The average Bonchev–Trinajstić information content (AvgIpc) is 2.19. The number of rotatable bonds is 3. The summed E-state index contributed by atoms with van der Waals surface area (Å²) in [5.41, 5.74) is 5.54. The molecule has 0 aromatic rings. The Bertz CT molecular complexity index is 186. The van der Waals surface area contributed by atoms with E-state index >= 15 is 0 Å². The monoisotopic (exact) mass is 199 g/mol. The maximum absolute atomic E-state index is 11.4. The van der Waals surface area contributed by atoms with Gasteiger partial charge in [-0.3, -0.25) is 9.69 Å². The van der Waals surface area contributed by atoms with Crippen LogP contribution >= 0.6 is 0 Å². The van der Waals surface area contributed by atoms with E-state index in [1.165, 1.54) is 0 Å². The maximum atomic E-state index is 11.4. The van der Waals surface area contributed by atoms with Crippen LogP contribution in [0.25, 0.3) is 0 Å². The molecule has 0 atom stereocenters. The van der Waals surface area contributed by atoms with Crippen LogP contribution in [0.2, 0.25) is 0 Å². The molecule has 1 saturated heterocycles. The first kappa shape index (κ1) is 11.5. The molecule has 1 heterocycles. The van der Waals surface area contributed by atoms with Crippen molar-refractivity contribution < 1.29 is 4.79 Å². The highest BCUT2D eigenvalue weighted by molar-refractivity contribution is 5.78. The van der Waals surface area contributed by atoms with E-state index in [1.807, 2.05) is 13.8 Å². The fourth-order valence-electron chi connectivity index (χ4n) is 1.63. The van der Waals surface area contributed by atoms with Crippen molar-refractivity contribution in [2.75, 3.05) is 19.8 Å². The lowest BCUT2D eigenvalue weighted by molar-refractivity contribution is -0.125. The van der Waals surface area contributed by atoms with Crippen molar-refractivity contribution in [3.8, 4) is 0 Å². The van der Waals surface area contributed by atoms with E-state index in [-0.39, 0.29) is 11.8 Å². The van der Waals surface area contributed by atoms with Gasteiger partial charge >= 0.3 is 0 Å². The molecule has 0 saturated carbocycles. The fourth-order valence-corrected chi connectivity index (χ4v) is 1.63. The molecule has 1 rings (SSSR count). The molecule has 0 bridgehead atoms. The van der Waals surface area contributed by atoms with Gasteiger partial charge in [0.15, 0.2) is 0 Å². The zero-order chi connectivity index (χ0) is 10.6. The lowest BCUT2D eigenvalue weighted by Crippen LogP contribution is -2.47. The summed E-state index contributed by atoms with van der Waals surface area (Å²) in [5.74, 6) is 0.249. The smallest absolute Gasteiger partial charge is 0.222 e. The van der Waals surface area contributed by atoms with Crippen LogP contribution in [0.4, 0.5) is 0 Å². The molecule has 14 heavy (non-hydrogen) atoms. The Kier molecular flexibility index (Phi) is 4.35. The predicted octanol–water partition coefficient (Wildman–Crippen LogP) is 0.139. The molecule has 3 N–H and O–H groups in total. The molecule has 4 heteroatoms. The van der Waals surface area contributed by atoms with Gasteiger partial charge in [-0.05, 0) is 12.8 Å². The van der Waals surface area contributed by atoms with Crippen LogP contribution in [0.15, 0.2) is 0 Å². The number of carbonyl (C=O) groups excluding carboxylic acids is 1. The third-order valence-electron chi connectivity index (χ3n) is 2.72. The molecule has 82 valence electrons. The highest BCUT2D eigenvalue weighted by Crippen LogP contribution is 2.09. The zero-order valence-electron chi connectivity index (χ0n) is 9.12. The molecule has 0 aromatic carbocycles. The van der Waals surface area contributed by atoms with E-state index in [4.69, 9.17) is 5.73 Å². The van der Waals surface area contributed by atoms with Crippen LogP contribution in [0, 0.1) is 5.92 Å². The summed E-state index contributed by atoms with van der Waals surface area (Å²) in [7, 11) is 0. The minimum Gasteiger partial charge on any atom is -0.353 e. The second kappa shape index (κ2) is 5.32. The number of likely N-dealkylation sites (tertiary alicyclic amines) is 1. The van der Waals surface area contributed by atoms with Crippen molar-refractivity contribution in [2.45, 2.75) is 32.7 Å². The molecular formula is C10H21N3O. The van der Waals surface area contributed by atoms with Crippen LogP contribution in [0.5, 0.6) is 0 Å². The highest BCUT2D eigenvalue weighted by Gasteiger charge is 2.20. The number of nitrogens with one attached hydrogen (secondary N) is 1. The number of hydrogen-bond acceptors (Lipinski definition) is 3. The van der Waals surface area contributed by atoms with E-state index in [1.54, 1.807) is 0 Å². The van der Waals surface area contributed by atoms with E-state index in [0.29, 0.717) is 12.7 Å². The zero-order valence-corrected chi connectivity index (χ0v) is 9.12. The van der Waals surface area contributed by atoms with Gasteiger partial charge in [0, 0.05) is 31.7 Å². The first-order valence-corrected chi connectivity index (χ1v) is 5.36. The molecule has 0 unspecified atom stereocenters. The van der Waals surface area contributed by atoms with Gasteiger partial charge in [-0.2, -0.15) is 0 Å². The van der Waals surface area contributed by atoms with Crippen LogP contribution < -0.4 is 11.1 Å². The third-order valence-corrected chi connectivity index (χ3v) is 2.72.